The van der Waals surface area contributed by atoms with E-state index in [1.807, 2.05) is 14.0 Å². The van der Waals surface area contributed by atoms with E-state index in [2.05, 4.69) is 25.4 Å². The van der Waals surface area contributed by atoms with Gasteiger partial charge in [-0.3, -0.25) is 0 Å². The lowest BCUT2D eigenvalue weighted by molar-refractivity contribution is 0.375. The van der Waals surface area contributed by atoms with Crippen LogP contribution in [0.2, 0.25) is 0 Å². The van der Waals surface area contributed by atoms with Crippen LogP contribution >= 0.6 is 0 Å². The SMILES string of the molecule is CNCCCc1nc(-c2ncc(C)cn2)no1. The minimum absolute atomic E-state index is 0.449. The van der Waals surface area contributed by atoms with Gasteiger partial charge in [0.25, 0.3) is 0 Å². The topological polar surface area (TPSA) is 76.7 Å². The molecule has 0 aliphatic carbocycles. The number of hydrogen-bond donors (Lipinski definition) is 1. The van der Waals surface area contributed by atoms with E-state index in [9.17, 15) is 0 Å². The van der Waals surface area contributed by atoms with Gasteiger partial charge in [-0.1, -0.05) is 5.16 Å². The molecule has 2 rings (SSSR count). The summed E-state index contributed by atoms with van der Waals surface area (Å²) in [7, 11) is 1.92. The van der Waals surface area contributed by atoms with Crippen molar-refractivity contribution in [1.82, 2.24) is 25.4 Å². The molecule has 0 bridgehead atoms. The molecule has 0 radical (unpaired) electrons. The Kier molecular flexibility index (Phi) is 3.77. The molecule has 0 saturated carbocycles. The Balaban J connectivity index is 2.04. The van der Waals surface area contributed by atoms with Crippen LogP contribution in [0.1, 0.15) is 17.9 Å². The number of nitrogens with zero attached hydrogens (tertiary/aromatic N) is 4. The zero-order valence-corrected chi connectivity index (χ0v) is 9.97. The maximum atomic E-state index is 5.13. The summed E-state index contributed by atoms with van der Waals surface area (Å²) >= 11 is 0. The fourth-order valence-corrected chi connectivity index (χ4v) is 1.37. The average Bonchev–Trinajstić information content (AvgIpc) is 2.79. The maximum absolute atomic E-state index is 5.13. The normalized spacial score (nSPS) is 10.7. The molecule has 0 fully saturated rings. The van der Waals surface area contributed by atoms with Gasteiger partial charge in [-0.15, -0.1) is 0 Å². The second-order valence-corrected chi connectivity index (χ2v) is 3.80. The van der Waals surface area contributed by atoms with Crippen LogP contribution in [0.15, 0.2) is 16.9 Å². The highest BCUT2D eigenvalue weighted by atomic mass is 16.5. The Labute approximate surface area is 99.5 Å². The summed E-state index contributed by atoms with van der Waals surface area (Å²) in [5, 5.41) is 6.93. The van der Waals surface area contributed by atoms with Crippen molar-refractivity contribution < 1.29 is 4.52 Å². The second kappa shape index (κ2) is 5.49. The molecule has 2 aromatic heterocycles. The maximum Gasteiger partial charge on any atom is 0.240 e. The van der Waals surface area contributed by atoms with Crippen molar-refractivity contribution in [2.45, 2.75) is 19.8 Å². The van der Waals surface area contributed by atoms with Crippen LogP contribution in [0, 0.1) is 6.92 Å². The van der Waals surface area contributed by atoms with Crippen LogP contribution in [0.4, 0.5) is 0 Å². The summed E-state index contributed by atoms with van der Waals surface area (Å²) in [6.45, 7) is 2.86. The van der Waals surface area contributed by atoms with Crippen LogP contribution in [-0.4, -0.2) is 33.7 Å². The molecule has 0 saturated heterocycles. The molecule has 0 amide bonds. The Morgan fingerprint density at radius 1 is 1.24 bits per heavy atom. The monoisotopic (exact) mass is 233 g/mol. The quantitative estimate of drug-likeness (QED) is 0.776. The fourth-order valence-electron chi connectivity index (χ4n) is 1.37. The Hall–Kier alpha value is -1.82. The first-order chi connectivity index (χ1) is 8.29. The minimum Gasteiger partial charge on any atom is -0.339 e. The predicted molar refractivity (Wildman–Crippen MR) is 62.3 cm³/mol. The van der Waals surface area contributed by atoms with E-state index >= 15 is 0 Å². The van der Waals surface area contributed by atoms with Crippen molar-refractivity contribution in [2.24, 2.45) is 0 Å². The van der Waals surface area contributed by atoms with E-state index in [1.54, 1.807) is 12.4 Å². The predicted octanol–water partition coefficient (Wildman–Crippen LogP) is 0.987. The molecule has 0 aliphatic heterocycles. The van der Waals surface area contributed by atoms with Gasteiger partial charge in [0.1, 0.15) is 0 Å². The van der Waals surface area contributed by atoms with Crippen LogP contribution in [0.5, 0.6) is 0 Å². The summed E-state index contributed by atoms with van der Waals surface area (Å²) < 4.78 is 5.13. The molecule has 90 valence electrons. The third-order valence-electron chi connectivity index (χ3n) is 2.27. The van der Waals surface area contributed by atoms with E-state index in [4.69, 9.17) is 4.52 Å². The third kappa shape index (κ3) is 3.07. The van der Waals surface area contributed by atoms with Crippen molar-refractivity contribution in [3.05, 3.63) is 23.8 Å². The zero-order valence-electron chi connectivity index (χ0n) is 9.97. The molecule has 0 aromatic carbocycles. The van der Waals surface area contributed by atoms with Crippen molar-refractivity contribution >= 4 is 0 Å². The number of hydrogen-bond acceptors (Lipinski definition) is 6. The minimum atomic E-state index is 0.449. The summed E-state index contributed by atoms with van der Waals surface area (Å²) in [4.78, 5) is 12.6. The summed E-state index contributed by atoms with van der Waals surface area (Å²) in [6.07, 6.45) is 5.20. The number of nitrogens with one attached hydrogen (secondary N) is 1. The van der Waals surface area contributed by atoms with Gasteiger partial charge in [0.05, 0.1) is 0 Å². The van der Waals surface area contributed by atoms with Crippen LogP contribution in [0.25, 0.3) is 11.6 Å². The molecule has 17 heavy (non-hydrogen) atoms. The largest absolute Gasteiger partial charge is 0.339 e. The standard InChI is InChI=1S/C11H15N5O/c1-8-6-13-10(14-7-8)11-15-9(17-16-11)4-3-5-12-2/h6-7,12H,3-5H2,1-2H3. The first-order valence-electron chi connectivity index (χ1n) is 5.56. The van der Waals surface area contributed by atoms with Gasteiger partial charge in [-0.05, 0) is 32.5 Å². The lowest BCUT2D eigenvalue weighted by atomic mass is 10.3. The van der Waals surface area contributed by atoms with E-state index in [1.165, 1.54) is 0 Å². The Morgan fingerprint density at radius 2 is 2.00 bits per heavy atom. The van der Waals surface area contributed by atoms with Crippen molar-refractivity contribution in [3.8, 4) is 11.6 Å². The van der Waals surface area contributed by atoms with E-state index in [0.717, 1.165) is 24.9 Å². The highest BCUT2D eigenvalue weighted by molar-refractivity contribution is 5.40. The zero-order chi connectivity index (χ0) is 12.1. The summed E-state index contributed by atoms with van der Waals surface area (Å²) in [5.41, 5.74) is 1.01. The van der Waals surface area contributed by atoms with Crippen molar-refractivity contribution in [3.63, 3.8) is 0 Å². The molecule has 0 atom stereocenters. The summed E-state index contributed by atoms with van der Waals surface area (Å²) in [5.74, 6) is 1.57. The molecule has 2 heterocycles. The molecular weight excluding hydrogens is 218 g/mol. The second-order valence-electron chi connectivity index (χ2n) is 3.80. The van der Waals surface area contributed by atoms with Gasteiger partial charge in [-0.2, -0.15) is 4.98 Å². The highest BCUT2D eigenvalue weighted by Crippen LogP contribution is 2.10. The van der Waals surface area contributed by atoms with Gasteiger partial charge in [-0.25, -0.2) is 9.97 Å². The van der Waals surface area contributed by atoms with Crippen LogP contribution in [0.3, 0.4) is 0 Å². The lowest BCUT2D eigenvalue weighted by Crippen LogP contribution is -2.08. The molecule has 0 aliphatic rings. The van der Waals surface area contributed by atoms with Gasteiger partial charge >= 0.3 is 0 Å². The van der Waals surface area contributed by atoms with Gasteiger partial charge in [0, 0.05) is 18.8 Å². The van der Waals surface area contributed by atoms with E-state index in [-0.39, 0.29) is 0 Å². The van der Waals surface area contributed by atoms with E-state index in [0.29, 0.717) is 17.5 Å². The number of aromatic nitrogens is 4. The van der Waals surface area contributed by atoms with Crippen LogP contribution in [-0.2, 0) is 6.42 Å². The van der Waals surface area contributed by atoms with Gasteiger partial charge in [0.15, 0.2) is 0 Å². The first kappa shape index (κ1) is 11.7. The molecule has 1 N–H and O–H groups in total. The molecular formula is C11H15N5O. The smallest absolute Gasteiger partial charge is 0.240 e. The first-order valence-corrected chi connectivity index (χ1v) is 5.56. The van der Waals surface area contributed by atoms with Crippen molar-refractivity contribution in [2.75, 3.05) is 13.6 Å². The molecule has 6 heteroatoms. The van der Waals surface area contributed by atoms with Gasteiger partial charge in [0.2, 0.25) is 17.5 Å². The van der Waals surface area contributed by atoms with Crippen LogP contribution < -0.4 is 5.32 Å². The molecule has 0 unspecified atom stereocenters. The lowest BCUT2D eigenvalue weighted by Gasteiger charge is -1.94. The Morgan fingerprint density at radius 3 is 2.71 bits per heavy atom. The Bertz CT molecular complexity index is 465. The van der Waals surface area contributed by atoms with Gasteiger partial charge < -0.3 is 9.84 Å². The highest BCUT2D eigenvalue weighted by Gasteiger charge is 2.10. The molecule has 0 spiro atoms. The number of rotatable bonds is 5. The van der Waals surface area contributed by atoms with E-state index < -0.39 is 0 Å². The number of aryl methyl sites for hydroxylation is 2. The summed E-state index contributed by atoms with van der Waals surface area (Å²) in [6, 6.07) is 0. The third-order valence-corrected chi connectivity index (χ3v) is 2.27. The fraction of sp³-hybridized carbons (Fsp3) is 0.455. The molecule has 2 aromatic rings. The molecule has 6 nitrogen and oxygen atoms in total. The van der Waals surface area contributed by atoms with Crippen molar-refractivity contribution in [1.29, 1.82) is 0 Å². The average molecular weight is 233 g/mol.